The number of rotatable bonds is 2. The lowest BCUT2D eigenvalue weighted by molar-refractivity contribution is -0.139. The summed E-state index contributed by atoms with van der Waals surface area (Å²) in [4.78, 5) is 4.71. The number of benzene rings is 1. The van der Waals surface area contributed by atoms with Gasteiger partial charge in [0.15, 0.2) is 0 Å². The summed E-state index contributed by atoms with van der Waals surface area (Å²) in [6.45, 7) is 4.08. The van der Waals surface area contributed by atoms with Crippen LogP contribution in [0.5, 0.6) is 5.75 Å². The number of aliphatic hydroxyl groups excluding tert-OH is 2. The second kappa shape index (κ2) is 5.24. The average Bonchev–Trinajstić information content (AvgIpc) is 3.17. The van der Waals surface area contributed by atoms with Gasteiger partial charge in [-0.1, -0.05) is 25.1 Å². The third-order valence-corrected chi connectivity index (χ3v) is 7.78. The molecule has 1 saturated carbocycles. The van der Waals surface area contributed by atoms with E-state index in [4.69, 9.17) is 4.74 Å². The predicted octanol–water partition coefficient (Wildman–Crippen LogP) is 1.53. The summed E-state index contributed by atoms with van der Waals surface area (Å²) in [7, 11) is 3.74. The Morgan fingerprint density at radius 1 is 1.31 bits per heavy atom. The SMILES string of the molecule is CC[C@]12C=CCN3CCC4(c5ccc(OC)cc5N(C)C4C(O)[C@@H]1O)C32. The van der Waals surface area contributed by atoms with Crippen molar-refractivity contribution in [2.24, 2.45) is 5.41 Å². The first-order valence-corrected chi connectivity index (χ1v) is 9.70. The molecule has 3 aliphatic heterocycles. The zero-order valence-electron chi connectivity index (χ0n) is 15.7. The fourth-order valence-corrected chi connectivity index (χ4v) is 6.81. The van der Waals surface area contributed by atoms with Gasteiger partial charge in [-0.3, -0.25) is 4.90 Å². The lowest BCUT2D eigenvalue weighted by Gasteiger charge is -2.60. The van der Waals surface area contributed by atoms with Gasteiger partial charge in [0.1, 0.15) is 11.9 Å². The quantitative estimate of drug-likeness (QED) is 0.787. The molecule has 140 valence electrons. The first-order valence-electron chi connectivity index (χ1n) is 9.70. The summed E-state index contributed by atoms with van der Waals surface area (Å²) in [5.74, 6) is 0.834. The molecule has 2 N–H and O–H groups in total. The minimum absolute atomic E-state index is 0.110. The van der Waals surface area contributed by atoms with Crippen molar-refractivity contribution in [1.29, 1.82) is 0 Å². The highest BCUT2D eigenvalue weighted by Crippen LogP contribution is 2.64. The van der Waals surface area contributed by atoms with Crippen LogP contribution in [0, 0.1) is 5.41 Å². The first-order chi connectivity index (χ1) is 12.5. The van der Waals surface area contributed by atoms with Crippen LogP contribution in [0.25, 0.3) is 0 Å². The number of hydrogen-bond acceptors (Lipinski definition) is 5. The van der Waals surface area contributed by atoms with Crippen LogP contribution in [0.3, 0.4) is 0 Å². The second-order valence-electron chi connectivity index (χ2n) is 8.43. The zero-order chi connectivity index (χ0) is 18.3. The molecule has 3 heterocycles. The molecule has 1 saturated heterocycles. The summed E-state index contributed by atoms with van der Waals surface area (Å²) in [6, 6.07) is 6.41. The van der Waals surface area contributed by atoms with E-state index in [-0.39, 0.29) is 17.5 Å². The Kier molecular flexibility index (Phi) is 3.35. The fraction of sp³-hybridized carbons (Fsp3) is 0.619. The van der Waals surface area contributed by atoms with E-state index in [1.54, 1.807) is 7.11 Å². The van der Waals surface area contributed by atoms with E-state index < -0.39 is 17.6 Å². The van der Waals surface area contributed by atoms with Crippen LogP contribution in [-0.2, 0) is 5.41 Å². The van der Waals surface area contributed by atoms with Gasteiger partial charge in [0.25, 0.3) is 0 Å². The van der Waals surface area contributed by atoms with E-state index in [9.17, 15) is 10.2 Å². The molecular weight excluding hydrogens is 328 g/mol. The maximum Gasteiger partial charge on any atom is 0.120 e. The molecule has 1 aliphatic carbocycles. The van der Waals surface area contributed by atoms with Crippen molar-refractivity contribution in [3.05, 3.63) is 35.9 Å². The molecule has 4 aliphatic rings. The number of nitrogens with zero attached hydrogens (tertiary/aromatic N) is 2. The second-order valence-corrected chi connectivity index (χ2v) is 8.43. The van der Waals surface area contributed by atoms with E-state index in [2.05, 4.69) is 41.0 Å². The average molecular weight is 356 g/mol. The van der Waals surface area contributed by atoms with Crippen LogP contribution in [0.2, 0.25) is 0 Å². The predicted molar refractivity (Wildman–Crippen MR) is 101 cm³/mol. The Morgan fingerprint density at radius 2 is 2.12 bits per heavy atom. The molecule has 0 bridgehead atoms. The molecule has 0 aromatic heterocycles. The van der Waals surface area contributed by atoms with Crippen LogP contribution in [0.15, 0.2) is 30.4 Å². The number of ether oxygens (including phenoxy) is 1. The summed E-state index contributed by atoms with van der Waals surface area (Å²) < 4.78 is 5.45. The summed E-state index contributed by atoms with van der Waals surface area (Å²) in [5, 5.41) is 22.5. The maximum absolute atomic E-state index is 11.3. The first kappa shape index (κ1) is 16.6. The third kappa shape index (κ3) is 1.63. The largest absolute Gasteiger partial charge is 0.497 e. The Hall–Kier alpha value is -1.56. The number of methoxy groups -OCH3 is 1. The van der Waals surface area contributed by atoms with Gasteiger partial charge < -0.3 is 19.8 Å². The van der Waals surface area contributed by atoms with E-state index in [0.29, 0.717) is 0 Å². The van der Waals surface area contributed by atoms with Crippen LogP contribution in [-0.4, -0.2) is 66.7 Å². The highest BCUT2D eigenvalue weighted by molar-refractivity contribution is 5.69. The van der Waals surface area contributed by atoms with Crippen molar-refractivity contribution in [2.75, 3.05) is 32.1 Å². The lowest BCUT2D eigenvalue weighted by Crippen LogP contribution is -2.73. The van der Waals surface area contributed by atoms with Crippen molar-refractivity contribution in [3.8, 4) is 5.75 Å². The normalized spacial score (nSPS) is 43.2. The number of anilines is 1. The van der Waals surface area contributed by atoms with Gasteiger partial charge in [-0.15, -0.1) is 0 Å². The van der Waals surface area contributed by atoms with Crippen molar-refractivity contribution in [2.45, 2.75) is 49.5 Å². The minimum Gasteiger partial charge on any atom is -0.497 e. The molecule has 5 rings (SSSR count). The van der Waals surface area contributed by atoms with Crippen LogP contribution < -0.4 is 9.64 Å². The lowest BCUT2D eigenvalue weighted by atomic mass is 9.51. The van der Waals surface area contributed by atoms with Gasteiger partial charge >= 0.3 is 0 Å². The van der Waals surface area contributed by atoms with Gasteiger partial charge in [0, 0.05) is 42.2 Å². The van der Waals surface area contributed by atoms with Crippen molar-refractivity contribution in [1.82, 2.24) is 4.90 Å². The van der Waals surface area contributed by atoms with Crippen LogP contribution in [0.4, 0.5) is 5.69 Å². The molecule has 26 heavy (non-hydrogen) atoms. The molecule has 0 amide bonds. The number of likely N-dealkylation sites (N-methyl/N-ethyl adjacent to an activating group) is 1. The molecule has 0 radical (unpaired) electrons. The number of hydrogen-bond donors (Lipinski definition) is 2. The van der Waals surface area contributed by atoms with Gasteiger partial charge in [0.2, 0.25) is 0 Å². The van der Waals surface area contributed by atoms with Crippen molar-refractivity contribution < 1.29 is 14.9 Å². The van der Waals surface area contributed by atoms with E-state index >= 15 is 0 Å². The van der Waals surface area contributed by atoms with Crippen LogP contribution >= 0.6 is 0 Å². The zero-order valence-corrected chi connectivity index (χ0v) is 15.7. The molecular formula is C21H28N2O3. The Bertz CT molecular complexity index is 781. The smallest absolute Gasteiger partial charge is 0.120 e. The molecule has 5 nitrogen and oxygen atoms in total. The molecule has 1 aromatic carbocycles. The van der Waals surface area contributed by atoms with Crippen molar-refractivity contribution in [3.63, 3.8) is 0 Å². The van der Waals surface area contributed by atoms with Crippen LogP contribution in [0.1, 0.15) is 25.3 Å². The van der Waals surface area contributed by atoms with E-state index in [1.165, 1.54) is 5.56 Å². The van der Waals surface area contributed by atoms with Gasteiger partial charge in [-0.25, -0.2) is 0 Å². The molecule has 2 fully saturated rings. The number of fused-ring (bicyclic) bond motifs is 1. The van der Waals surface area contributed by atoms with Gasteiger partial charge in [0.05, 0.1) is 19.3 Å². The highest BCUT2D eigenvalue weighted by Gasteiger charge is 2.72. The molecule has 1 spiro atoms. The Balaban J connectivity index is 1.78. The molecule has 6 atom stereocenters. The van der Waals surface area contributed by atoms with Crippen molar-refractivity contribution >= 4 is 5.69 Å². The third-order valence-electron chi connectivity index (χ3n) is 7.78. The monoisotopic (exact) mass is 356 g/mol. The maximum atomic E-state index is 11.3. The van der Waals surface area contributed by atoms with Gasteiger partial charge in [-0.05, 0) is 31.0 Å². The topological polar surface area (TPSA) is 56.2 Å². The highest BCUT2D eigenvalue weighted by atomic mass is 16.5. The standard InChI is InChI=1S/C21H28N2O3/c1-4-20-8-5-10-23-11-9-21(19(20)23)14-7-6-13(26-3)12-15(14)22(2)17(21)16(24)18(20)25/h5-8,12,16-19,24-25H,4,9-11H2,1-3H3/t16?,17?,18-,19?,20-,21?/m0/s1. The summed E-state index contributed by atoms with van der Waals surface area (Å²) in [6.07, 6.45) is 4.69. The minimum atomic E-state index is -0.780. The molecule has 1 aromatic rings. The fourth-order valence-electron chi connectivity index (χ4n) is 6.81. The summed E-state index contributed by atoms with van der Waals surface area (Å²) >= 11 is 0. The molecule has 4 unspecified atom stereocenters. The Labute approximate surface area is 154 Å². The van der Waals surface area contributed by atoms with Gasteiger partial charge in [-0.2, -0.15) is 0 Å². The summed E-state index contributed by atoms with van der Waals surface area (Å²) in [5.41, 5.74) is 1.88. The number of aliphatic hydroxyl groups is 2. The van der Waals surface area contributed by atoms with E-state index in [1.807, 2.05) is 13.1 Å². The Morgan fingerprint density at radius 3 is 2.85 bits per heavy atom. The van der Waals surface area contributed by atoms with E-state index in [0.717, 1.165) is 37.4 Å². The molecule has 5 heteroatoms.